The van der Waals surface area contributed by atoms with Gasteiger partial charge in [-0.1, -0.05) is 12.1 Å². The molecule has 0 radical (unpaired) electrons. The highest BCUT2D eigenvalue weighted by Crippen LogP contribution is 2.34. The van der Waals surface area contributed by atoms with E-state index in [9.17, 15) is 0 Å². The normalized spacial score (nSPS) is 13.8. The molecule has 0 unspecified atom stereocenters. The highest BCUT2D eigenvalue weighted by molar-refractivity contribution is 5.49. The minimum atomic E-state index is 0.792. The van der Waals surface area contributed by atoms with Gasteiger partial charge >= 0.3 is 0 Å². The summed E-state index contributed by atoms with van der Waals surface area (Å²) >= 11 is 0. The van der Waals surface area contributed by atoms with Gasteiger partial charge < -0.3 is 18.8 Å². The Bertz CT molecular complexity index is 964. The Kier molecular flexibility index (Phi) is 5.26. The van der Waals surface area contributed by atoms with Gasteiger partial charge in [-0.05, 0) is 53.9 Å². The molecule has 0 fully saturated rings. The molecule has 4 rings (SSSR count). The first-order valence-electron chi connectivity index (χ1n) is 9.49. The summed E-state index contributed by atoms with van der Waals surface area (Å²) in [4.78, 5) is 2.47. The lowest BCUT2D eigenvalue weighted by molar-refractivity contribution is 0.240. The Morgan fingerprint density at radius 1 is 0.821 bits per heavy atom. The van der Waals surface area contributed by atoms with Crippen LogP contribution in [0.15, 0.2) is 54.7 Å². The second-order valence-electron chi connectivity index (χ2n) is 6.98. The molecule has 1 aliphatic heterocycles. The number of hydrogen-bond acceptors (Lipinski definition) is 4. The lowest BCUT2D eigenvalue weighted by atomic mass is 9.98. The maximum atomic E-state index is 5.55. The smallest absolute Gasteiger partial charge is 0.161 e. The van der Waals surface area contributed by atoms with E-state index in [1.807, 2.05) is 18.2 Å². The third-order valence-corrected chi connectivity index (χ3v) is 5.36. The van der Waals surface area contributed by atoms with Gasteiger partial charge in [0.1, 0.15) is 5.75 Å². The summed E-state index contributed by atoms with van der Waals surface area (Å²) in [5, 5.41) is 0. The van der Waals surface area contributed by atoms with Crippen molar-refractivity contribution >= 4 is 0 Å². The molecule has 2 aromatic carbocycles. The number of para-hydroxylation sites is 2. The van der Waals surface area contributed by atoms with Crippen molar-refractivity contribution in [3.8, 4) is 22.9 Å². The van der Waals surface area contributed by atoms with E-state index < -0.39 is 0 Å². The molecule has 28 heavy (non-hydrogen) atoms. The van der Waals surface area contributed by atoms with Crippen molar-refractivity contribution in [3.63, 3.8) is 0 Å². The van der Waals surface area contributed by atoms with Crippen LogP contribution in [0.3, 0.4) is 0 Å². The van der Waals surface area contributed by atoms with Crippen molar-refractivity contribution < 1.29 is 14.2 Å². The summed E-state index contributed by atoms with van der Waals surface area (Å²) in [7, 11) is 5.08. The van der Waals surface area contributed by atoms with Crippen LogP contribution in [0.5, 0.6) is 17.2 Å². The summed E-state index contributed by atoms with van der Waals surface area (Å²) in [5.41, 5.74) is 4.95. The zero-order valence-corrected chi connectivity index (χ0v) is 16.6. The molecule has 5 heteroatoms. The van der Waals surface area contributed by atoms with Crippen molar-refractivity contribution in [1.29, 1.82) is 0 Å². The standard InChI is InChI=1S/C23H26N2O3/c1-26-21-9-5-4-8-20(21)25-11-6-7-19(25)16-24-12-10-17-13-22(27-2)23(28-3)14-18(17)15-24/h4-9,11,13-14H,10,12,15-16H2,1-3H3. The number of ether oxygens (including phenoxy) is 3. The number of hydrogen-bond donors (Lipinski definition) is 0. The van der Waals surface area contributed by atoms with E-state index in [-0.39, 0.29) is 0 Å². The van der Waals surface area contributed by atoms with Crippen molar-refractivity contribution in [3.05, 3.63) is 71.5 Å². The van der Waals surface area contributed by atoms with Crippen LogP contribution in [0.4, 0.5) is 0 Å². The van der Waals surface area contributed by atoms with Gasteiger partial charge in [-0.25, -0.2) is 0 Å². The molecule has 1 aromatic heterocycles. The topological polar surface area (TPSA) is 35.9 Å². The highest BCUT2D eigenvalue weighted by Gasteiger charge is 2.20. The second kappa shape index (κ2) is 7.98. The molecular formula is C23H26N2O3. The van der Waals surface area contributed by atoms with Gasteiger partial charge in [0.25, 0.3) is 0 Å². The fraction of sp³-hybridized carbons (Fsp3) is 0.304. The molecule has 2 heterocycles. The van der Waals surface area contributed by atoms with E-state index in [4.69, 9.17) is 14.2 Å². The number of rotatable bonds is 6. The number of methoxy groups -OCH3 is 3. The first kappa shape index (κ1) is 18.4. The molecule has 0 spiro atoms. The van der Waals surface area contributed by atoms with E-state index in [1.165, 1.54) is 16.8 Å². The lowest BCUT2D eigenvalue weighted by Crippen LogP contribution is -2.30. The maximum Gasteiger partial charge on any atom is 0.161 e. The molecule has 5 nitrogen and oxygen atoms in total. The molecule has 0 bridgehead atoms. The van der Waals surface area contributed by atoms with E-state index >= 15 is 0 Å². The average Bonchev–Trinajstić information content (AvgIpc) is 3.20. The SMILES string of the molecule is COc1cc2c(cc1OC)CN(Cc1cccn1-c1ccccc1OC)CC2. The van der Waals surface area contributed by atoms with Gasteiger partial charge in [-0.3, -0.25) is 4.90 Å². The van der Waals surface area contributed by atoms with E-state index in [0.717, 1.165) is 49.0 Å². The number of nitrogens with zero attached hydrogens (tertiary/aromatic N) is 2. The fourth-order valence-corrected chi connectivity index (χ4v) is 3.91. The third kappa shape index (κ3) is 3.45. The van der Waals surface area contributed by atoms with E-state index in [2.05, 4.69) is 46.0 Å². The molecule has 0 N–H and O–H groups in total. The van der Waals surface area contributed by atoms with Crippen LogP contribution >= 0.6 is 0 Å². The van der Waals surface area contributed by atoms with Crippen LogP contribution in [0.1, 0.15) is 16.8 Å². The van der Waals surface area contributed by atoms with Crippen molar-refractivity contribution in [2.45, 2.75) is 19.5 Å². The van der Waals surface area contributed by atoms with E-state index in [0.29, 0.717) is 0 Å². The first-order valence-corrected chi connectivity index (χ1v) is 9.49. The van der Waals surface area contributed by atoms with Crippen LogP contribution in [0.25, 0.3) is 5.69 Å². The van der Waals surface area contributed by atoms with Gasteiger partial charge in [0.05, 0.1) is 27.0 Å². The molecule has 0 aliphatic carbocycles. The fourth-order valence-electron chi connectivity index (χ4n) is 3.91. The molecular weight excluding hydrogens is 352 g/mol. The van der Waals surface area contributed by atoms with Gasteiger partial charge in [0.2, 0.25) is 0 Å². The quantitative estimate of drug-likeness (QED) is 0.648. The molecule has 0 saturated heterocycles. The zero-order valence-electron chi connectivity index (χ0n) is 16.6. The molecule has 0 saturated carbocycles. The average molecular weight is 378 g/mol. The summed E-state index contributed by atoms with van der Waals surface area (Å²) in [6.07, 6.45) is 3.10. The van der Waals surface area contributed by atoms with Crippen LogP contribution in [0.2, 0.25) is 0 Å². The lowest BCUT2D eigenvalue weighted by Gasteiger charge is -2.30. The van der Waals surface area contributed by atoms with Crippen LogP contribution in [0, 0.1) is 0 Å². The largest absolute Gasteiger partial charge is 0.495 e. The van der Waals surface area contributed by atoms with Crippen molar-refractivity contribution in [2.75, 3.05) is 27.9 Å². The van der Waals surface area contributed by atoms with Gasteiger partial charge in [-0.2, -0.15) is 0 Å². The van der Waals surface area contributed by atoms with Crippen LogP contribution in [-0.4, -0.2) is 37.3 Å². The minimum Gasteiger partial charge on any atom is -0.495 e. The Hall–Kier alpha value is -2.92. The van der Waals surface area contributed by atoms with Crippen LogP contribution < -0.4 is 14.2 Å². The summed E-state index contributed by atoms with van der Waals surface area (Å²) < 4.78 is 18.7. The number of fused-ring (bicyclic) bond motifs is 1. The molecule has 146 valence electrons. The Morgan fingerprint density at radius 3 is 2.29 bits per heavy atom. The predicted molar refractivity (Wildman–Crippen MR) is 110 cm³/mol. The van der Waals surface area contributed by atoms with Gasteiger partial charge in [0, 0.05) is 31.5 Å². The maximum absolute atomic E-state index is 5.55. The predicted octanol–water partition coefficient (Wildman–Crippen LogP) is 4.06. The number of aromatic nitrogens is 1. The second-order valence-corrected chi connectivity index (χ2v) is 6.98. The first-order chi connectivity index (χ1) is 13.7. The Morgan fingerprint density at radius 2 is 1.54 bits per heavy atom. The highest BCUT2D eigenvalue weighted by atomic mass is 16.5. The zero-order chi connectivity index (χ0) is 19.5. The monoisotopic (exact) mass is 378 g/mol. The third-order valence-electron chi connectivity index (χ3n) is 5.36. The molecule has 0 atom stereocenters. The van der Waals surface area contributed by atoms with Gasteiger partial charge in [0.15, 0.2) is 11.5 Å². The van der Waals surface area contributed by atoms with Gasteiger partial charge in [-0.15, -0.1) is 0 Å². The van der Waals surface area contributed by atoms with Crippen LogP contribution in [-0.2, 0) is 19.5 Å². The summed E-state index contributed by atoms with van der Waals surface area (Å²) in [6, 6.07) is 16.6. The Labute approximate surface area is 166 Å². The minimum absolute atomic E-state index is 0.792. The van der Waals surface area contributed by atoms with Crippen molar-refractivity contribution in [2.24, 2.45) is 0 Å². The molecule has 3 aromatic rings. The number of benzene rings is 2. The summed E-state index contributed by atoms with van der Waals surface area (Å²) in [5.74, 6) is 2.47. The molecule has 0 amide bonds. The van der Waals surface area contributed by atoms with Crippen molar-refractivity contribution in [1.82, 2.24) is 9.47 Å². The Balaban J connectivity index is 1.57. The van der Waals surface area contributed by atoms with E-state index in [1.54, 1.807) is 21.3 Å². The molecule has 1 aliphatic rings. The summed E-state index contributed by atoms with van der Waals surface area (Å²) in [6.45, 7) is 2.78.